The maximum Gasteiger partial charge on any atom is 0.106 e. The molecule has 1 atom stereocenters. The standard InChI is InChI=1S/C6H13N3O/c1-10-9-6-4-8-3-5(6)2-7/h5,8H,2-4,7H2,1H3/b9-6+. The fourth-order valence-electron chi connectivity index (χ4n) is 1.08. The van der Waals surface area contributed by atoms with E-state index < -0.39 is 0 Å². The van der Waals surface area contributed by atoms with Gasteiger partial charge in [0.15, 0.2) is 0 Å². The van der Waals surface area contributed by atoms with Crippen molar-refractivity contribution >= 4 is 5.71 Å². The number of nitrogens with zero attached hydrogens (tertiary/aromatic N) is 1. The van der Waals surface area contributed by atoms with Gasteiger partial charge in [-0.1, -0.05) is 5.16 Å². The fraction of sp³-hybridized carbons (Fsp3) is 0.833. The van der Waals surface area contributed by atoms with Crippen LogP contribution in [0.5, 0.6) is 0 Å². The second-order valence-electron chi connectivity index (χ2n) is 2.33. The number of rotatable bonds is 2. The van der Waals surface area contributed by atoms with E-state index in [-0.39, 0.29) is 0 Å². The second-order valence-corrected chi connectivity index (χ2v) is 2.33. The molecule has 1 rings (SSSR count). The van der Waals surface area contributed by atoms with Crippen LogP contribution in [0.1, 0.15) is 0 Å². The van der Waals surface area contributed by atoms with Gasteiger partial charge in [0, 0.05) is 25.6 Å². The Kier molecular flexibility index (Phi) is 2.65. The zero-order chi connectivity index (χ0) is 7.40. The maximum absolute atomic E-state index is 5.48. The maximum atomic E-state index is 5.48. The van der Waals surface area contributed by atoms with E-state index in [9.17, 15) is 0 Å². The predicted molar refractivity (Wildman–Crippen MR) is 39.9 cm³/mol. The van der Waals surface area contributed by atoms with E-state index in [1.165, 1.54) is 0 Å². The summed E-state index contributed by atoms with van der Waals surface area (Å²) in [4.78, 5) is 4.65. The highest BCUT2D eigenvalue weighted by Crippen LogP contribution is 2.02. The molecule has 0 saturated carbocycles. The molecule has 1 unspecified atom stereocenters. The van der Waals surface area contributed by atoms with Crippen LogP contribution in [-0.4, -0.2) is 32.5 Å². The molecule has 4 heteroatoms. The van der Waals surface area contributed by atoms with Crippen LogP contribution < -0.4 is 11.1 Å². The Morgan fingerprint density at radius 3 is 3.30 bits per heavy atom. The second kappa shape index (κ2) is 3.53. The van der Waals surface area contributed by atoms with E-state index in [2.05, 4.69) is 15.3 Å². The van der Waals surface area contributed by atoms with E-state index in [0.717, 1.165) is 18.8 Å². The van der Waals surface area contributed by atoms with Gasteiger partial charge in [-0.25, -0.2) is 0 Å². The number of hydrogen-bond acceptors (Lipinski definition) is 4. The summed E-state index contributed by atoms with van der Waals surface area (Å²) in [6, 6.07) is 0. The average molecular weight is 143 g/mol. The van der Waals surface area contributed by atoms with Crippen molar-refractivity contribution in [3.63, 3.8) is 0 Å². The Morgan fingerprint density at radius 1 is 1.90 bits per heavy atom. The molecule has 1 aliphatic rings. The van der Waals surface area contributed by atoms with Gasteiger partial charge in [-0.3, -0.25) is 0 Å². The van der Waals surface area contributed by atoms with Gasteiger partial charge >= 0.3 is 0 Å². The van der Waals surface area contributed by atoms with Crippen LogP contribution in [0.3, 0.4) is 0 Å². The molecule has 0 aromatic heterocycles. The predicted octanol–water partition coefficient (Wildman–Crippen LogP) is -0.833. The molecule has 3 N–H and O–H groups in total. The van der Waals surface area contributed by atoms with E-state index in [0.29, 0.717) is 12.5 Å². The van der Waals surface area contributed by atoms with Gasteiger partial charge in [0.25, 0.3) is 0 Å². The molecule has 0 aromatic rings. The molecule has 1 aliphatic heterocycles. The van der Waals surface area contributed by atoms with Crippen LogP contribution in [0.2, 0.25) is 0 Å². The van der Waals surface area contributed by atoms with E-state index in [4.69, 9.17) is 5.73 Å². The number of nitrogens with one attached hydrogen (secondary N) is 1. The highest BCUT2D eigenvalue weighted by Gasteiger charge is 2.20. The average Bonchev–Trinajstić information content (AvgIpc) is 2.36. The van der Waals surface area contributed by atoms with E-state index >= 15 is 0 Å². The minimum atomic E-state index is 0.375. The minimum Gasteiger partial charge on any atom is -0.399 e. The third-order valence-electron chi connectivity index (χ3n) is 1.66. The van der Waals surface area contributed by atoms with Gasteiger partial charge in [-0.05, 0) is 0 Å². The van der Waals surface area contributed by atoms with Gasteiger partial charge in [-0.15, -0.1) is 0 Å². The first-order valence-electron chi connectivity index (χ1n) is 3.39. The van der Waals surface area contributed by atoms with E-state index in [1.54, 1.807) is 7.11 Å². The molecule has 1 saturated heterocycles. The lowest BCUT2D eigenvalue weighted by Gasteiger charge is -2.03. The Morgan fingerprint density at radius 2 is 2.70 bits per heavy atom. The molecule has 0 bridgehead atoms. The first-order valence-corrected chi connectivity index (χ1v) is 3.39. The summed E-state index contributed by atoms with van der Waals surface area (Å²) >= 11 is 0. The molecule has 10 heavy (non-hydrogen) atoms. The lowest BCUT2D eigenvalue weighted by Crippen LogP contribution is -2.22. The highest BCUT2D eigenvalue weighted by molar-refractivity contribution is 5.90. The molecule has 0 aliphatic carbocycles. The largest absolute Gasteiger partial charge is 0.399 e. The highest BCUT2D eigenvalue weighted by atomic mass is 16.6. The minimum absolute atomic E-state index is 0.375. The molecule has 58 valence electrons. The monoisotopic (exact) mass is 143 g/mol. The van der Waals surface area contributed by atoms with Gasteiger partial charge in [-0.2, -0.15) is 0 Å². The lowest BCUT2D eigenvalue weighted by molar-refractivity contribution is 0.211. The van der Waals surface area contributed by atoms with Crippen molar-refractivity contribution in [2.24, 2.45) is 16.8 Å². The molecule has 1 fully saturated rings. The summed E-state index contributed by atoms with van der Waals surface area (Å²) in [7, 11) is 1.55. The topological polar surface area (TPSA) is 59.6 Å². The van der Waals surface area contributed by atoms with Crippen LogP contribution in [0.15, 0.2) is 5.16 Å². The van der Waals surface area contributed by atoms with Crippen LogP contribution in [0, 0.1) is 5.92 Å². The van der Waals surface area contributed by atoms with Crippen molar-refractivity contribution in [1.29, 1.82) is 0 Å². The van der Waals surface area contributed by atoms with Gasteiger partial charge in [0.05, 0.1) is 5.71 Å². The van der Waals surface area contributed by atoms with Crippen molar-refractivity contribution in [3.8, 4) is 0 Å². The first-order chi connectivity index (χ1) is 4.88. The Hall–Kier alpha value is -0.610. The molecule has 1 heterocycles. The van der Waals surface area contributed by atoms with Gasteiger partial charge in [0.1, 0.15) is 7.11 Å². The smallest absolute Gasteiger partial charge is 0.106 e. The van der Waals surface area contributed by atoms with E-state index in [1.807, 2.05) is 0 Å². The summed E-state index contributed by atoms with van der Waals surface area (Å²) in [5, 5.41) is 7.02. The molecule has 0 spiro atoms. The van der Waals surface area contributed by atoms with Crippen molar-refractivity contribution in [2.45, 2.75) is 0 Å². The van der Waals surface area contributed by atoms with Crippen molar-refractivity contribution in [2.75, 3.05) is 26.7 Å². The van der Waals surface area contributed by atoms with Gasteiger partial charge in [0.2, 0.25) is 0 Å². The molecular formula is C6H13N3O. The Balaban J connectivity index is 2.49. The molecule has 0 aromatic carbocycles. The summed E-state index contributed by atoms with van der Waals surface area (Å²) < 4.78 is 0. The molecule has 0 amide bonds. The summed E-state index contributed by atoms with van der Waals surface area (Å²) in [5.74, 6) is 0.375. The van der Waals surface area contributed by atoms with Gasteiger partial charge < -0.3 is 15.9 Å². The van der Waals surface area contributed by atoms with Crippen LogP contribution in [0.4, 0.5) is 0 Å². The SMILES string of the molecule is CO/N=C1\CNCC1CN. The first kappa shape index (κ1) is 7.50. The quantitative estimate of drug-likeness (QED) is 0.496. The van der Waals surface area contributed by atoms with Crippen LogP contribution in [-0.2, 0) is 4.84 Å². The Labute approximate surface area is 60.4 Å². The van der Waals surface area contributed by atoms with Crippen molar-refractivity contribution in [3.05, 3.63) is 0 Å². The molecule has 4 nitrogen and oxygen atoms in total. The summed E-state index contributed by atoms with van der Waals surface area (Å²) in [5.41, 5.74) is 6.51. The number of nitrogens with two attached hydrogens (primary N) is 1. The normalized spacial score (nSPS) is 29.4. The van der Waals surface area contributed by atoms with Crippen molar-refractivity contribution < 1.29 is 4.84 Å². The zero-order valence-electron chi connectivity index (χ0n) is 6.13. The Bertz CT molecular complexity index is 135. The summed E-state index contributed by atoms with van der Waals surface area (Å²) in [6.07, 6.45) is 0. The van der Waals surface area contributed by atoms with Crippen LogP contribution in [0.25, 0.3) is 0 Å². The lowest BCUT2D eigenvalue weighted by atomic mass is 10.1. The summed E-state index contributed by atoms with van der Waals surface area (Å²) in [6.45, 7) is 2.39. The number of hydrogen-bond donors (Lipinski definition) is 2. The molecular weight excluding hydrogens is 130 g/mol. The third-order valence-corrected chi connectivity index (χ3v) is 1.66. The van der Waals surface area contributed by atoms with Crippen molar-refractivity contribution in [1.82, 2.24) is 5.32 Å². The fourth-order valence-corrected chi connectivity index (χ4v) is 1.08. The number of oxime groups is 1. The molecule has 0 radical (unpaired) electrons. The zero-order valence-corrected chi connectivity index (χ0v) is 6.13. The van der Waals surface area contributed by atoms with Crippen LogP contribution >= 0.6 is 0 Å². The third kappa shape index (κ3) is 1.46.